The van der Waals surface area contributed by atoms with Gasteiger partial charge < -0.3 is 9.64 Å². The fourth-order valence-corrected chi connectivity index (χ4v) is 2.54. The van der Waals surface area contributed by atoms with E-state index in [9.17, 15) is 0 Å². The van der Waals surface area contributed by atoms with Gasteiger partial charge in [-0.15, -0.1) is 0 Å². The number of ether oxygens (including phenoxy) is 1. The molecule has 1 aliphatic rings. The number of nitrogens with zero attached hydrogens (tertiary/aromatic N) is 3. The third-order valence-corrected chi connectivity index (χ3v) is 3.61. The summed E-state index contributed by atoms with van der Waals surface area (Å²) in [7, 11) is 0. The molecule has 0 atom stereocenters. The van der Waals surface area contributed by atoms with E-state index in [1.54, 1.807) is 6.20 Å². The highest BCUT2D eigenvalue weighted by Gasteiger charge is 2.21. The third kappa shape index (κ3) is 3.20. The van der Waals surface area contributed by atoms with Crippen LogP contribution in [0, 0.1) is 0 Å². The number of benzene rings is 1. The molecule has 1 fully saturated rings. The number of hydrogen-bond donors (Lipinski definition) is 0. The van der Waals surface area contributed by atoms with Gasteiger partial charge in [0.05, 0.1) is 0 Å². The van der Waals surface area contributed by atoms with Crippen molar-refractivity contribution < 1.29 is 4.74 Å². The van der Waals surface area contributed by atoms with Crippen molar-refractivity contribution in [1.29, 1.82) is 0 Å². The van der Waals surface area contributed by atoms with Crippen molar-refractivity contribution in [2.24, 2.45) is 0 Å². The lowest BCUT2D eigenvalue weighted by Gasteiger charge is -2.32. The molecule has 20 heavy (non-hydrogen) atoms. The van der Waals surface area contributed by atoms with E-state index in [2.05, 4.69) is 14.9 Å². The molecule has 0 spiro atoms. The van der Waals surface area contributed by atoms with Crippen molar-refractivity contribution in [1.82, 2.24) is 9.97 Å². The van der Waals surface area contributed by atoms with Crippen LogP contribution in [0.15, 0.2) is 42.6 Å². The van der Waals surface area contributed by atoms with Gasteiger partial charge in [0.1, 0.15) is 17.7 Å². The topological polar surface area (TPSA) is 38.2 Å². The molecular formula is C15H16ClN3O. The first-order valence-electron chi connectivity index (χ1n) is 6.76. The van der Waals surface area contributed by atoms with Crippen molar-refractivity contribution in [3.8, 4) is 5.75 Å². The van der Waals surface area contributed by atoms with Crippen LogP contribution < -0.4 is 9.64 Å². The highest BCUT2D eigenvalue weighted by molar-refractivity contribution is 6.28. The number of rotatable bonds is 3. The summed E-state index contributed by atoms with van der Waals surface area (Å²) in [5, 5.41) is 0.296. The van der Waals surface area contributed by atoms with Gasteiger partial charge in [-0.2, -0.15) is 0 Å². The van der Waals surface area contributed by atoms with Gasteiger partial charge in [0, 0.05) is 32.1 Å². The van der Waals surface area contributed by atoms with Gasteiger partial charge in [0.15, 0.2) is 0 Å². The SMILES string of the molecule is Clc1nccc(N2CCC(Oc3ccccc3)CC2)n1. The van der Waals surface area contributed by atoms with Crippen LogP contribution in [0.3, 0.4) is 0 Å². The highest BCUT2D eigenvalue weighted by atomic mass is 35.5. The normalized spacial score (nSPS) is 16.1. The molecule has 4 nitrogen and oxygen atoms in total. The second kappa shape index (κ2) is 6.09. The number of anilines is 1. The maximum atomic E-state index is 5.98. The molecule has 2 aromatic rings. The summed E-state index contributed by atoms with van der Waals surface area (Å²) >= 11 is 5.83. The lowest BCUT2D eigenvalue weighted by atomic mass is 10.1. The zero-order valence-corrected chi connectivity index (χ0v) is 11.8. The van der Waals surface area contributed by atoms with Gasteiger partial charge in [0.2, 0.25) is 5.28 Å². The Kier molecular flexibility index (Phi) is 4.02. The molecule has 0 aliphatic carbocycles. The molecule has 2 heterocycles. The minimum atomic E-state index is 0.269. The molecule has 0 amide bonds. The summed E-state index contributed by atoms with van der Waals surface area (Å²) in [5.74, 6) is 1.83. The Morgan fingerprint density at radius 2 is 1.85 bits per heavy atom. The molecule has 1 aromatic carbocycles. The monoisotopic (exact) mass is 289 g/mol. The predicted molar refractivity (Wildman–Crippen MR) is 79.3 cm³/mol. The van der Waals surface area contributed by atoms with Crippen molar-refractivity contribution in [2.75, 3.05) is 18.0 Å². The zero-order valence-electron chi connectivity index (χ0n) is 11.1. The summed E-state index contributed by atoms with van der Waals surface area (Å²) in [6.07, 6.45) is 3.93. The van der Waals surface area contributed by atoms with Gasteiger partial charge in [-0.3, -0.25) is 0 Å². The molecule has 0 N–H and O–H groups in total. The first-order chi connectivity index (χ1) is 9.81. The number of halogens is 1. The highest BCUT2D eigenvalue weighted by Crippen LogP contribution is 2.22. The lowest BCUT2D eigenvalue weighted by Crippen LogP contribution is -2.38. The molecule has 1 aromatic heterocycles. The number of para-hydroxylation sites is 1. The van der Waals surface area contributed by atoms with Gasteiger partial charge in [0.25, 0.3) is 0 Å². The molecule has 1 aliphatic heterocycles. The van der Waals surface area contributed by atoms with Crippen LogP contribution in [0.1, 0.15) is 12.8 Å². The second-order valence-corrected chi connectivity index (χ2v) is 5.14. The minimum absolute atomic E-state index is 0.269. The number of aromatic nitrogens is 2. The van der Waals surface area contributed by atoms with E-state index in [1.807, 2.05) is 36.4 Å². The van der Waals surface area contributed by atoms with Crippen molar-refractivity contribution in [3.63, 3.8) is 0 Å². The fraction of sp³-hybridized carbons (Fsp3) is 0.333. The summed E-state index contributed by atoms with van der Waals surface area (Å²) in [5.41, 5.74) is 0. The quantitative estimate of drug-likeness (QED) is 0.814. The molecule has 0 bridgehead atoms. The van der Waals surface area contributed by atoms with Crippen molar-refractivity contribution >= 4 is 17.4 Å². The molecule has 0 radical (unpaired) electrons. The Bertz CT molecular complexity index is 556. The van der Waals surface area contributed by atoms with Crippen molar-refractivity contribution in [2.45, 2.75) is 18.9 Å². The van der Waals surface area contributed by atoms with Crippen molar-refractivity contribution in [3.05, 3.63) is 47.9 Å². The van der Waals surface area contributed by atoms with Gasteiger partial charge in [-0.25, -0.2) is 9.97 Å². The van der Waals surface area contributed by atoms with Crippen LogP contribution in [0.2, 0.25) is 5.28 Å². The molecule has 104 valence electrons. The predicted octanol–water partition coefficient (Wildman–Crippen LogP) is 3.18. The van der Waals surface area contributed by atoms with Gasteiger partial charge >= 0.3 is 0 Å². The molecule has 1 saturated heterocycles. The van der Waals surface area contributed by atoms with Gasteiger partial charge in [-0.05, 0) is 29.8 Å². The number of hydrogen-bond acceptors (Lipinski definition) is 4. The molecule has 0 unspecified atom stereocenters. The maximum absolute atomic E-state index is 5.98. The van der Waals surface area contributed by atoms with E-state index < -0.39 is 0 Å². The fourth-order valence-electron chi connectivity index (χ4n) is 2.40. The zero-order chi connectivity index (χ0) is 13.8. The Morgan fingerprint density at radius 1 is 1.10 bits per heavy atom. The first kappa shape index (κ1) is 13.2. The Labute approximate surface area is 123 Å². The Balaban J connectivity index is 1.57. The average molecular weight is 290 g/mol. The Morgan fingerprint density at radius 3 is 2.55 bits per heavy atom. The summed E-state index contributed by atoms with van der Waals surface area (Å²) in [6.45, 7) is 1.84. The van der Waals surface area contributed by atoms with Crippen LogP contribution in [-0.4, -0.2) is 29.2 Å². The first-order valence-corrected chi connectivity index (χ1v) is 7.14. The van der Waals surface area contributed by atoms with Crippen LogP contribution in [-0.2, 0) is 0 Å². The van der Waals surface area contributed by atoms with E-state index in [0.717, 1.165) is 37.5 Å². The van der Waals surface area contributed by atoms with Crippen LogP contribution in [0.25, 0.3) is 0 Å². The standard InChI is InChI=1S/C15H16ClN3O/c16-15-17-9-6-14(18-15)19-10-7-13(8-11-19)20-12-4-2-1-3-5-12/h1-6,9,13H,7-8,10-11H2. The van der Waals surface area contributed by atoms with E-state index in [4.69, 9.17) is 16.3 Å². The molecule has 0 saturated carbocycles. The van der Waals surface area contributed by atoms with E-state index in [1.165, 1.54) is 0 Å². The van der Waals surface area contributed by atoms with Crippen LogP contribution in [0.5, 0.6) is 5.75 Å². The minimum Gasteiger partial charge on any atom is -0.490 e. The molecule has 3 rings (SSSR count). The summed E-state index contributed by atoms with van der Waals surface area (Å²) < 4.78 is 5.98. The average Bonchev–Trinajstić information content (AvgIpc) is 2.49. The van der Waals surface area contributed by atoms with Crippen LogP contribution >= 0.6 is 11.6 Å². The molecular weight excluding hydrogens is 274 g/mol. The summed E-state index contributed by atoms with van der Waals surface area (Å²) in [6, 6.07) is 11.9. The third-order valence-electron chi connectivity index (χ3n) is 3.42. The smallest absolute Gasteiger partial charge is 0.224 e. The second-order valence-electron chi connectivity index (χ2n) is 4.80. The lowest BCUT2D eigenvalue weighted by molar-refractivity contribution is 0.170. The van der Waals surface area contributed by atoms with Crippen LogP contribution in [0.4, 0.5) is 5.82 Å². The van der Waals surface area contributed by atoms with E-state index in [0.29, 0.717) is 5.28 Å². The number of piperidine rings is 1. The molecule has 5 heteroatoms. The van der Waals surface area contributed by atoms with E-state index in [-0.39, 0.29) is 6.10 Å². The van der Waals surface area contributed by atoms with E-state index >= 15 is 0 Å². The maximum Gasteiger partial charge on any atom is 0.224 e. The Hall–Kier alpha value is -1.81. The summed E-state index contributed by atoms with van der Waals surface area (Å²) in [4.78, 5) is 10.4. The largest absolute Gasteiger partial charge is 0.490 e. The van der Waals surface area contributed by atoms with Gasteiger partial charge in [-0.1, -0.05) is 18.2 Å².